The molecule has 0 unspecified atom stereocenters. The van der Waals surface area contributed by atoms with Crippen molar-refractivity contribution >= 4 is 12.4 Å². The summed E-state index contributed by atoms with van der Waals surface area (Å²) in [6.07, 6.45) is 0. The van der Waals surface area contributed by atoms with Crippen molar-refractivity contribution in [1.82, 2.24) is 6.15 Å². The Kier molecular flexibility index (Phi) is 940000. The molecular weight excluding hydrogens is 87.5 g/mol. The van der Waals surface area contributed by atoms with E-state index in [0.29, 0.717) is 0 Å². The Bertz CT molecular complexity index is 6.00. The molecular formula is H3ClF2N. The molecule has 0 saturated heterocycles. The summed E-state index contributed by atoms with van der Waals surface area (Å²) in [5.74, 6) is 0. The zero-order valence-corrected chi connectivity index (χ0v) is 2.49. The highest BCUT2D eigenvalue weighted by Gasteiger charge is 0.0000144. The van der Waals surface area contributed by atoms with Crippen LogP contribution in [-0.4, -0.2) is 0 Å². The van der Waals surface area contributed by atoms with Gasteiger partial charge in [0.2, 0.25) is 0 Å². The summed E-state index contributed by atoms with van der Waals surface area (Å²) in [5.41, 5.74) is 0. The van der Waals surface area contributed by atoms with E-state index in [2.05, 4.69) is 0 Å². The maximum Gasteiger partial charge on any atom is 0 e. The monoisotopic (exact) mass is 90.0 g/mol. The predicted molar refractivity (Wildman–Crippen MR) is 14.4 cm³/mol. The van der Waals surface area contributed by atoms with Gasteiger partial charge in [-0.25, -0.2) is 0 Å². The van der Waals surface area contributed by atoms with Gasteiger partial charge in [0.25, 0.3) is 0 Å². The number of hydrogen-bond acceptors (Lipinski definition) is 0. The van der Waals surface area contributed by atoms with Gasteiger partial charge >= 0.3 is 0 Å². The molecule has 3 radical (unpaired) electrons. The minimum atomic E-state index is 0. The topological polar surface area (TPSA) is 30.5 Å². The summed E-state index contributed by atoms with van der Waals surface area (Å²) < 4.78 is 0. The molecule has 0 N–H and O–H groups in total. The number of rotatable bonds is 0. The molecule has 4 heavy (non-hydrogen) atoms. The average molecular weight is 90.5 g/mol. The zero-order valence-electron chi connectivity index (χ0n) is 1.67. The molecule has 0 heterocycles. The molecule has 0 bridgehead atoms. The molecule has 0 rings (SSSR count). The van der Waals surface area contributed by atoms with Crippen molar-refractivity contribution in [3.05, 3.63) is 0 Å². The first kappa shape index (κ1) is 3290. The van der Waals surface area contributed by atoms with Crippen molar-refractivity contribution in [1.29, 1.82) is 0 Å². The van der Waals surface area contributed by atoms with E-state index in [4.69, 9.17) is 0 Å². The summed E-state index contributed by atoms with van der Waals surface area (Å²) in [7, 11) is 0. The lowest BCUT2D eigenvalue weighted by molar-refractivity contribution is 1.11. The van der Waals surface area contributed by atoms with E-state index in [1.54, 1.807) is 0 Å². The molecule has 29 valence electrons. The average Bonchev–Trinajstić information content (AvgIpc) is 0. The van der Waals surface area contributed by atoms with Crippen LogP contribution in [0.4, 0.5) is 9.41 Å². The maximum absolute atomic E-state index is 0. The molecule has 0 fully saturated rings. The molecule has 0 aromatic rings. The first-order chi connectivity index (χ1) is 0. The molecule has 0 saturated carbocycles. The highest BCUT2D eigenvalue weighted by molar-refractivity contribution is 5.85. The lowest BCUT2D eigenvalue weighted by atomic mass is 14.0. The van der Waals surface area contributed by atoms with Gasteiger partial charge < -0.3 is 0 Å². The van der Waals surface area contributed by atoms with Gasteiger partial charge in [0.1, 0.15) is 0 Å². The van der Waals surface area contributed by atoms with Crippen LogP contribution in [0.1, 0.15) is 0 Å². The summed E-state index contributed by atoms with van der Waals surface area (Å²) >= 11 is 0. The van der Waals surface area contributed by atoms with E-state index in [1.165, 1.54) is 0 Å². The lowest BCUT2D eigenvalue weighted by Crippen LogP contribution is -0.481. The summed E-state index contributed by atoms with van der Waals surface area (Å²) in [6, 6.07) is 0. The van der Waals surface area contributed by atoms with E-state index >= 15 is 0 Å². The summed E-state index contributed by atoms with van der Waals surface area (Å²) in [6.45, 7) is 0. The van der Waals surface area contributed by atoms with E-state index < -0.39 is 0 Å². The van der Waals surface area contributed by atoms with Crippen LogP contribution in [0.5, 0.6) is 0 Å². The van der Waals surface area contributed by atoms with Gasteiger partial charge in [0.05, 0.1) is 0 Å². The molecule has 0 aromatic heterocycles. The molecule has 4 heteroatoms. The second-order valence-electron chi connectivity index (χ2n) is 0. The van der Waals surface area contributed by atoms with Crippen LogP contribution in [0.15, 0.2) is 0 Å². The van der Waals surface area contributed by atoms with Gasteiger partial charge in [-0.15, -0.1) is 12.4 Å². The second kappa shape index (κ2) is 1140. The van der Waals surface area contributed by atoms with Crippen LogP contribution in [0.25, 0.3) is 0 Å². The first-order valence-electron chi connectivity index (χ1n) is 0. The molecule has 0 aromatic carbocycles. The van der Waals surface area contributed by atoms with Crippen molar-refractivity contribution in [3.8, 4) is 0 Å². The molecule has 0 aliphatic rings. The molecule has 0 spiro atoms. The quantitative estimate of drug-likeness (QED) is 0.408. The van der Waals surface area contributed by atoms with Gasteiger partial charge in [0, 0.05) is 6.15 Å². The van der Waals surface area contributed by atoms with Crippen LogP contribution < -0.4 is 6.15 Å². The first-order valence-corrected chi connectivity index (χ1v) is 0. The standard InChI is InChI=1S/ClH.2FH.N/h3*1H;. The fourth-order valence-electron chi connectivity index (χ4n) is 0. The van der Waals surface area contributed by atoms with Crippen LogP contribution in [0.3, 0.4) is 0 Å². The smallest absolute Gasteiger partial charge is 0 e. The highest BCUT2D eigenvalue weighted by Crippen LogP contribution is 0.690. The van der Waals surface area contributed by atoms with Gasteiger partial charge in [0.15, 0.2) is 0 Å². The van der Waals surface area contributed by atoms with Crippen LogP contribution in [0, 0.1) is 0 Å². The van der Waals surface area contributed by atoms with Crippen molar-refractivity contribution in [2.75, 3.05) is 0 Å². The Labute approximate surface area is 29.1 Å². The molecule has 0 amide bonds. The Morgan fingerprint density at radius 2 is 0.750 bits per heavy atom. The summed E-state index contributed by atoms with van der Waals surface area (Å²) in [5, 5.41) is 0. The van der Waals surface area contributed by atoms with E-state index in [-0.39, 0.29) is 28.0 Å². The minimum Gasteiger partial charge on any atom is -0.269 e. The Morgan fingerprint density at radius 1 is 0.750 bits per heavy atom. The Balaban J connectivity index is 0. The van der Waals surface area contributed by atoms with Crippen molar-refractivity contribution in [2.45, 2.75) is 0 Å². The number of hydrogen-bond donors (Lipinski definition) is 0. The molecule has 0 aliphatic heterocycles. The van der Waals surface area contributed by atoms with Crippen molar-refractivity contribution in [3.63, 3.8) is 0 Å². The number of halogens is 3. The predicted octanol–water partition coefficient (Wildman–Crippen LogP) is 0.246. The molecule has 0 atom stereocenters. The Hall–Kier alpha value is 0.110. The van der Waals surface area contributed by atoms with Gasteiger partial charge in [-0.3, -0.25) is 9.41 Å². The third kappa shape index (κ3) is 215. The number of nitrogens with zero attached hydrogens (tertiary/aromatic N) is 1. The fraction of sp³-hybridized carbons (Fsp3) is 0. The highest BCUT2D eigenvalue weighted by atomic mass is 35.5. The third-order valence-corrected chi connectivity index (χ3v) is 0. The minimum absolute atomic E-state index is 0. The lowest BCUT2D eigenvalue weighted by Gasteiger charge is -0.270. The molecule has 0 aliphatic carbocycles. The van der Waals surface area contributed by atoms with E-state index in [1.807, 2.05) is 0 Å². The second-order valence-corrected chi connectivity index (χ2v) is 0. The summed E-state index contributed by atoms with van der Waals surface area (Å²) in [4.78, 5) is 0. The largest absolute Gasteiger partial charge is 0.269 e. The van der Waals surface area contributed by atoms with Crippen LogP contribution >= 0.6 is 12.4 Å². The van der Waals surface area contributed by atoms with Crippen molar-refractivity contribution < 1.29 is 9.41 Å². The van der Waals surface area contributed by atoms with Gasteiger partial charge in [-0.2, -0.15) is 0 Å². The SMILES string of the molecule is Cl.F.F.[N]. The van der Waals surface area contributed by atoms with Crippen molar-refractivity contribution in [2.24, 2.45) is 0 Å². The molecule has 1 nitrogen and oxygen atoms in total. The third-order valence-electron chi connectivity index (χ3n) is 0. The fourth-order valence-corrected chi connectivity index (χ4v) is 0. The Morgan fingerprint density at radius 3 is 0.750 bits per heavy atom. The zero-order chi connectivity index (χ0) is 0. The van der Waals surface area contributed by atoms with Gasteiger partial charge in [-0.05, 0) is 0 Å². The maximum atomic E-state index is 0. The van der Waals surface area contributed by atoms with E-state index in [0.717, 1.165) is 0 Å². The van der Waals surface area contributed by atoms with Gasteiger partial charge in [-0.1, -0.05) is 0 Å². The van der Waals surface area contributed by atoms with Crippen LogP contribution in [0.2, 0.25) is 0 Å². The van der Waals surface area contributed by atoms with E-state index in [9.17, 15) is 0 Å². The normalized spacial score (nSPS) is 0. The van der Waals surface area contributed by atoms with Crippen LogP contribution in [-0.2, 0) is 0 Å².